The van der Waals surface area contributed by atoms with Crippen molar-refractivity contribution in [3.05, 3.63) is 47.0 Å². The van der Waals surface area contributed by atoms with Gasteiger partial charge in [-0.3, -0.25) is 4.79 Å². The first kappa shape index (κ1) is 11.2. The van der Waals surface area contributed by atoms with Gasteiger partial charge < -0.3 is 4.74 Å². The van der Waals surface area contributed by atoms with Crippen molar-refractivity contribution in [2.45, 2.75) is 12.5 Å². The summed E-state index contributed by atoms with van der Waals surface area (Å²) in [6.07, 6.45) is 5.35. The molecular formula is C15H12ClNO2. The van der Waals surface area contributed by atoms with Crippen LogP contribution in [0.25, 0.3) is 0 Å². The summed E-state index contributed by atoms with van der Waals surface area (Å²) in [5, 5.41) is 0.659. The highest BCUT2D eigenvalue weighted by Crippen LogP contribution is 2.47. The van der Waals surface area contributed by atoms with Crippen molar-refractivity contribution in [2.24, 2.45) is 22.7 Å². The molecule has 2 bridgehead atoms. The van der Waals surface area contributed by atoms with E-state index < -0.39 is 0 Å². The van der Waals surface area contributed by atoms with E-state index in [0.717, 1.165) is 12.0 Å². The number of carbonyl (C=O) groups excluding carboxylic acids is 1. The monoisotopic (exact) mass is 273 g/mol. The van der Waals surface area contributed by atoms with Gasteiger partial charge in [0.1, 0.15) is 0 Å². The van der Waals surface area contributed by atoms with Crippen LogP contribution in [0, 0.1) is 17.8 Å². The standard InChI is InChI=1S/C15H12ClNO2/c16-11-5-3-8(4-6-11)14-17-13-10-2-1-9(7-10)12(13)15(18)19-14/h1-6,9-10,12-13H,7H2/t9-,10+,12+,13-/m0/s1. The molecular weight excluding hydrogens is 262 g/mol. The lowest BCUT2D eigenvalue weighted by Crippen LogP contribution is -2.38. The Morgan fingerprint density at radius 2 is 1.89 bits per heavy atom. The third-order valence-corrected chi connectivity index (χ3v) is 4.50. The summed E-state index contributed by atoms with van der Waals surface area (Å²) < 4.78 is 5.41. The number of carbonyl (C=O) groups is 1. The van der Waals surface area contributed by atoms with Crippen molar-refractivity contribution in [3.8, 4) is 0 Å². The molecule has 2 aliphatic carbocycles. The molecule has 4 atom stereocenters. The van der Waals surface area contributed by atoms with Crippen molar-refractivity contribution < 1.29 is 9.53 Å². The van der Waals surface area contributed by atoms with Crippen LogP contribution in [0.3, 0.4) is 0 Å². The molecule has 3 aliphatic rings. The summed E-state index contributed by atoms with van der Waals surface area (Å²) in [6, 6.07) is 7.28. The Kier molecular flexibility index (Phi) is 2.33. The fourth-order valence-electron chi connectivity index (χ4n) is 3.34. The van der Waals surface area contributed by atoms with Crippen molar-refractivity contribution >= 4 is 23.5 Å². The third-order valence-electron chi connectivity index (χ3n) is 4.24. The molecule has 1 aliphatic heterocycles. The highest BCUT2D eigenvalue weighted by molar-refractivity contribution is 6.30. The number of hydrogen-bond donors (Lipinski definition) is 0. The summed E-state index contributed by atoms with van der Waals surface area (Å²) in [6.45, 7) is 0. The van der Waals surface area contributed by atoms with Gasteiger partial charge >= 0.3 is 5.97 Å². The van der Waals surface area contributed by atoms with E-state index >= 15 is 0 Å². The zero-order valence-corrected chi connectivity index (χ0v) is 10.9. The molecule has 1 aromatic carbocycles. The molecule has 1 heterocycles. The highest BCUT2D eigenvalue weighted by atomic mass is 35.5. The van der Waals surface area contributed by atoms with Crippen LogP contribution in [0.2, 0.25) is 5.02 Å². The van der Waals surface area contributed by atoms with Gasteiger partial charge in [-0.25, -0.2) is 4.99 Å². The lowest BCUT2D eigenvalue weighted by atomic mass is 9.88. The number of rotatable bonds is 1. The minimum Gasteiger partial charge on any atom is -0.407 e. The average Bonchev–Trinajstić information content (AvgIpc) is 3.00. The van der Waals surface area contributed by atoms with E-state index in [1.165, 1.54) is 0 Å². The van der Waals surface area contributed by atoms with Gasteiger partial charge in [-0.1, -0.05) is 23.8 Å². The molecule has 1 aromatic rings. The third kappa shape index (κ3) is 1.65. The van der Waals surface area contributed by atoms with Gasteiger partial charge in [-0.2, -0.15) is 0 Å². The van der Waals surface area contributed by atoms with Crippen LogP contribution in [0.15, 0.2) is 41.4 Å². The number of cyclic esters (lactones) is 1. The molecule has 4 rings (SSSR count). The largest absolute Gasteiger partial charge is 0.407 e. The van der Waals surface area contributed by atoms with Crippen LogP contribution in [-0.2, 0) is 9.53 Å². The fourth-order valence-corrected chi connectivity index (χ4v) is 3.46. The van der Waals surface area contributed by atoms with Gasteiger partial charge in [-0.05, 0) is 36.6 Å². The molecule has 3 nitrogen and oxygen atoms in total. The topological polar surface area (TPSA) is 38.7 Å². The lowest BCUT2D eigenvalue weighted by molar-refractivity contribution is -0.142. The van der Waals surface area contributed by atoms with Crippen molar-refractivity contribution in [1.82, 2.24) is 0 Å². The normalized spacial score (nSPS) is 35.0. The molecule has 0 amide bonds. The van der Waals surface area contributed by atoms with E-state index in [0.29, 0.717) is 22.8 Å². The smallest absolute Gasteiger partial charge is 0.318 e. The average molecular weight is 274 g/mol. The Morgan fingerprint density at radius 1 is 1.16 bits per heavy atom. The molecule has 0 aromatic heterocycles. The number of ether oxygens (including phenoxy) is 1. The number of allylic oxidation sites excluding steroid dienone is 1. The Labute approximate surface area is 115 Å². The van der Waals surface area contributed by atoms with Gasteiger partial charge in [-0.15, -0.1) is 0 Å². The predicted octanol–water partition coefficient (Wildman–Crippen LogP) is 2.83. The maximum atomic E-state index is 12.2. The molecule has 0 N–H and O–H groups in total. The van der Waals surface area contributed by atoms with Crippen LogP contribution in [0.5, 0.6) is 0 Å². The second-order valence-corrected chi connectivity index (χ2v) is 5.76. The second-order valence-electron chi connectivity index (χ2n) is 5.33. The van der Waals surface area contributed by atoms with Crippen molar-refractivity contribution in [3.63, 3.8) is 0 Å². The molecule has 1 fully saturated rings. The van der Waals surface area contributed by atoms with Gasteiger partial charge in [0, 0.05) is 16.5 Å². The van der Waals surface area contributed by atoms with E-state index in [-0.39, 0.29) is 17.9 Å². The predicted molar refractivity (Wildman–Crippen MR) is 72.1 cm³/mol. The number of aliphatic imine (C=N–C) groups is 1. The maximum absolute atomic E-state index is 12.2. The highest BCUT2D eigenvalue weighted by Gasteiger charge is 2.51. The summed E-state index contributed by atoms with van der Waals surface area (Å²) in [4.78, 5) is 16.8. The molecule has 96 valence electrons. The summed E-state index contributed by atoms with van der Waals surface area (Å²) in [7, 11) is 0. The Hall–Kier alpha value is -1.61. The molecule has 4 heteroatoms. The molecule has 19 heavy (non-hydrogen) atoms. The van der Waals surface area contributed by atoms with E-state index in [4.69, 9.17) is 16.3 Å². The molecule has 0 spiro atoms. The minimum absolute atomic E-state index is 0.0573. The van der Waals surface area contributed by atoms with E-state index in [1.807, 2.05) is 12.1 Å². The Morgan fingerprint density at radius 3 is 2.68 bits per heavy atom. The van der Waals surface area contributed by atoms with Crippen molar-refractivity contribution in [2.75, 3.05) is 0 Å². The van der Waals surface area contributed by atoms with Crippen LogP contribution < -0.4 is 0 Å². The first-order valence-corrected chi connectivity index (χ1v) is 6.84. The second kappa shape index (κ2) is 3.94. The molecule has 1 saturated carbocycles. The van der Waals surface area contributed by atoms with Gasteiger partial charge in [0.05, 0.1) is 12.0 Å². The number of hydrogen-bond acceptors (Lipinski definition) is 3. The summed E-state index contributed by atoms with van der Waals surface area (Å²) >= 11 is 5.86. The number of nitrogens with zero attached hydrogens (tertiary/aromatic N) is 1. The van der Waals surface area contributed by atoms with Gasteiger partial charge in [0.2, 0.25) is 5.90 Å². The van der Waals surface area contributed by atoms with Crippen molar-refractivity contribution in [1.29, 1.82) is 0 Å². The van der Waals surface area contributed by atoms with E-state index in [1.54, 1.807) is 12.1 Å². The first-order chi connectivity index (χ1) is 9.22. The van der Waals surface area contributed by atoms with Gasteiger partial charge in [0.25, 0.3) is 0 Å². The number of benzene rings is 1. The van der Waals surface area contributed by atoms with Crippen LogP contribution >= 0.6 is 11.6 Å². The number of halogens is 1. The quantitative estimate of drug-likeness (QED) is 0.583. The van der Waals surface area contributed by atoms with Crippen LogP contribution in [-0.4, -0.2) is 17.9 Å². The minimum atomic E-state index is -0.137. The fraction of sp³-hybridized carbons (Fsp3) is 0.333. The maximum Gasteiger partial charge on any atom is 0.318 e. The Bertz CT molecular complexity index is 605. The van der Waals surface area contributed by atoms with Crippen LogP contribution in [0.4, 0.5) is 0 Å². The Balaban J connectivity index is 1.73. The summed E-state index contributed by atoms with van der Waals surface area (Å²) in [5.41, 5.74) is 0.808. The molecule has 0 radical (unpaired) electrons. The zero-order valence-electron chi connectivity index (χ0n) is 10.1. The zero-order chi connectivity index (χ0) is 13.0. The number of esters is 1. The van der Waals surface area contributed by atoms with E-state index in [9.17, 15) is 4.79 Å². The molecule has 0 unspecified atom stereocenters. The van der Waals surface area contributed by atoms with E-state index in [2.05, 4.69) is 17.1 Å². The first-order valence-electron chi connectivity index (χ1n) is 6.46. The van der Waals surface area contributed by atoms with Gasteiger partial charge in [0.15, 0.2) is 0 Å². The lowest BCUT2D eigenvalue weighted by Gasteiger charge is -2.28. The number of fused-ring (bicyclic) bond motifs is 5. The molecule has 0 saturated heterocycles. The SMILES string of the molecule is O=C1OC(c2ccc(Cl)cc2)=N[C@@H]2[C@H]1[C@H]1C=C[C@@H]2C1. The van der Waals surface area contributed by atoms with Crippen LogP contribution in [0.1, 0.15) is 12.0 Å². The summed E-state index contributed by atoms with van der Waals surface area (Å²) in [5.74, 6) is 0.930.